The van der Waals surface area contributed by atoms with Crippen molar-refractivity contribution >= 4 is 17.7 Å². The van der Waals surface area contributed by atoms with E-state index in [-0.39, 0.29) is 29.3 Å². The van der Waals surface area contributed by atoms with Gasteiger partial charge in [0.05, 0.1) is 24.9 Å². The summed E-state index contributed by atoms with van der Waals surface area (Å²) in [6.07, 6.45) is -0.691. The Hall–Kier alpha value is -2.83. The number of carbonyl (C=O) groups excluding carboxylic acids is 2. The number of aliphatic imine (C=N–C) groups is 1. The lowest BCUT2D eigenvalue weighted by atomic mass is 9.75. The summed E-state index contributed by atoms with van der Waals surface area (Å²) in [5, 5.41) is 10.8. The first kappa shape index (κ1) is 22.5. The average Bonchev–Trinajstić information content (AvgIpc) is 2.59. The minimum absolute atomic E-state index is 0.139. The van der Waals surface area contributed by atoms with Gasteiger partial charge in [-0.15, -0.1) is 0 Å². The zero-order valence-corrected chi connectivity index (χ0v) is 18.0. The number of ether oxygens (including phenoxy) is 3. The number of hydrogen-bond donors (Lipinski definition) is 1. The van der Waals surface area contributed by atoms with Gasteiger partial charge in [-0.05, 0) is 47.6 Å². The van der Waals surface area contributed by atoms with Crippen LogP contribution in [0, 0.1) is 5.92 Å². The first-order chi connectivity index (χ1) is 13.6. The first-order valence-electron chi connectivity index (χ1n) is 9.61. The summed E-state index contributed by atoms with van der Waals surface area (Å²) in [6, 6.07) is 4.96. The van der Waals surface area contributed by atoms with Crippen molar-refractivity contribution in [3.63, 3.8) is 0 Å². The van der Waals surface area contributed by atoms with Gasteiger partial charge in [-0.25, -0.2) is 4.79 Å². The lowest BCUT2D eigenvalue weighted by Gasteiger charge is -2.32. The molecule has 1 unspecified atom stereocenters. The number of benzene rings is 1. The summed E-state index contributed by atoms with van der Waals surface area (Å²) in [5.41, 5.74) is 1.54. The number of hydrogen-bond acceptors (Lipinski definition) is 7. The Bertz CT molecular complexity index is 853. The van der Waals surface area contributed by atoms with Crippen LogP contribution in [0.4, 0.5) is 0 Å². The van der Waals surface area contributed by atoms with Crippen LogP contribution >= 0.6 is 0 Å². The maximum absolute atomic E-state index is 13.0. The highest BCUT2D eigenvalue weighted by Crippen LogP contribution is 2.45. The molecule has 7 nitrogen and oxygen atoms in total. The summed E-state index contributed by atoms with van der Waals surface area (Å²) in [5.74, 6) is -2.69. The Balaban J connectivity index is 2.71. The number of phenols is 1. The maximum atomic E-state index is 13.0. The Morgan fingerprint density at radius 2 is 1.69 bits per heavy atom. The molecule has 1 aromatic rings. The van der Waals surface area contributed by atoms with E-state index in [1.807, 2.05) is 0 Å². The van der Waals surface area contributed by atoms with E-state index < -0.39 is 23.8 Å². The predicted octanol–water partition coefficient (Wildman–Crippen LogP) is 3.75. The van der Waals surface area contributed by atoms with E-state index in [4.69, 9.17) is 14.2 Å². The van der Waals surface area contributed by atoms with E-state index in [2.05, 4.69) is 4.99 Å². The van der Waals surface area contributed by atoms with Crippen molar-refractivity contribution < 1.29 is 28.9 Å². The summed E-state index contributed by atoms with van der Waals surface area (Å²) in [4.78, 5) is 30.4. The second-order valence-corrected chi connectivity index (χ2v) is 7.55. The van der Waals surface area contributed by atoms with Crippen molar-refractivity contribution in [2.75, 3.05) is 7.11 Å². The minimum Gasteiger partial charge on any atom is -0.504 e. The van der Waals surface area contributed by atoms with Gasteiger partial charge in [0.1, 0.15) is 5.92 Å². The van der Waals surface area contributed by atoms with E-state index in [0.29, 0.717) is 17.0 Å². The number of para-hydroxylation sites is 1. The summed E-state index contributed by atoms with van der Waals surface area (Å²) >= 11 is 0. The second-order valence-electron chi connectivity index (χ2n) is 7.55. The largest absolute Gasteiger partial charge is 0.504 e. The van der Waals surface area contributed by atoms with Gasteiger partial charge in [-0.1, -0.05) is 12.1 Å². The molecule has 0 radical (unpaired) electrons. The van der Waals surface area contributed by atoms with E-state index >= 15 is 0 Å². The fraction of sp³-hybridized carbons (Fsp3) is 0.500. The molecule has 2 atom stereocenters. The molecule has 0 aliphatic carbocycles. The van der Waals surface area contributed by atoms with Crippen LogP contribution < -0.4 is 4.74 Å². The van der Waals surface area contributed by atoms with Crippen molar-refractivity contribution in [1.82, 2.24) is 0 Å². The highest BCUT2D eigenvalue weighted by molar-refractivity contribution is 6.07. The van der Waals surface area contributed by atoms with Crippen LogP contribution in [0.15, 0.2) is 34.5 Å². The average molecular weight is 403 g/mol. The fourth-order valence-corrected chi connectivity index (χ4v) is 3.48. The third kappa shape index (κ3) is 4.78. The molecule has 0 saturated carbocycles. The van der Waals surface area contributed by atoms with Gasteiger partial charge < -0.3 is 19.3 Å². The first-order valence-corrected chi connectivity index (χ1v) is 9.61. The number of allylic oxidation sites excluding steroid dienone is 1. The quantitative estimate of drug-likeness (QED) is 0.727. The number of carbonyl (C=O) groups is 2. The third-order valence-electron chi connectivity index (χ3n) is 4.58. The minimum atomic E-state index is -0.881. The van der Waals surface area contributed by atoms with Gasteiger partial charge in [0.15, 0.2) is 11.5 Å². The lowest BCUT2D eigenvalue weighted by molar-refractivity contribution is -0.150. The zero-order valence-electron chi connectivity index (χ0n) is 18.0. The van der Waals surface area contributed by atoms with Crippen molar-refractivity contribution in [3.05, 3.63) is 35.0 Å². The molecule has 0 spiro atoms. The van der Waals surface area contributed by atoms with Gasteiger partial charge >= 0.3 is 11.9 Å². The van der Waals surface area contributed by atoms with Crippen LogP contribution in [0.2, 0.25) is 0 Å². The van der Waals surface area contributed by atoms with Crippen LogP contribution in [0.1, 0.15) is 53.0 Å². The smallest absolute Gasteiger partial charge is 0.336 e. The molecule has 0 amide bonds. The normalized spacial score (nSPS) is 19.3. The number of esters is 2. The predicted molar refractivity (Wildman–Crippen MR) is 109 cm³/mol. The van der Waals surface area contributed by atoms with Crippen molar-refractivity contribution in [2.45, 2.75) is 59.7 Å². The SMILES string of the molecule is COc1cccc([C@@H]2C(C(=O)OC(C)C)=C(C)N=C(C)C2C(=O)OC(C)C)c1O. The molecule has 7 heteroatoms. The standard InChI is InChI=1S/C22H29NO6/c1-11(2)28-21(25)17-13(5)23-14(6)18(22(26)29-12(3)4)19(17)15-9-8-10-16(27-7)20(15)24/h8-12,17,19,24H,1-7H3/t17?,19-/m0/s1. The summed E-state index contributed by atoms with van der Waals surface area (Å²) in [7, 11) is 1.44. The molecular formula is C22H29NO6. The fourth-order valence-electron chi connectivity index (χ4n) is 3.48. The van der Waals surface area contributed by atoms with E-state index in [0.717, 1.165) is 0 Å². The Morgan fingerprint density at radius 3 is 2.24 bits per heavy atom. The van der Waals surface area contributed by atoms with Gasteiger partial charge in [-0.3, -0.25) is 9.79 Å². The van der Waals surface area contributed by atoms with Gasteiger partial charge in [0.25, 0.3) is 0 Å². The van der Waals surface area contributed by atoms with E-state index in [1.165, 1.54) is 7.11 Å². The summed E-state index contributed by atoms with van der Waals surface area (Å²) in [6.45, 7) is 10.4. The molecule has 158 valence electrons. The molecule has 1 aromatic carbocycles. The van der Waals surface area contributed by atoms with E-state index in [9.17, 15) is 14.7 Å². The van der Waals surface area contributed by atoms with Crippen LogP contribution in [-0.2, 0) is 19.1 Å². The highest BCUT2D eigenvalue weighted by Gasteiger charge is 2.44. The molecule has 1 aliphatic heterocycles. The third-order valence-corrected chi connectivity index (χ3v) is 4.58. The Labute approximate surface area is 171 Å². The molecule has 0 fully saturated rings. The van der Waals surface area contributed by atoms with Gasteiger partial charge in [0, 0.05) is 22.9 Å². The molecular weight excluding hydrogens is 374 g/mol. The van der Waals surface area contributed by atoms with Crippen LogP contribution in [0.3, 0.4) is 0 Å². The molecule has 0 bridgehead atoms. The van der Waals surface area contributed by atoms with E-state index in [1.54, 1.807) is 59.7 Å². The summed E-state index contributed by atoms with van der Waals surface area (Å²) < 4.78 is 16.1. The molecule has 1 heterocycles. The second kappa shape index (κ2) is 9.11. The number of nitrogens with zero attached hydrogens (tertiary/aromatic N) is 1. The van der Waals surface area contributed by atoms with Crippen molar-refractivity contribution in [1.29, 1.82) is 0 Å². The topological polar surface area (TPSA) is 94.4 Å². The molecule has 0 saturated heterocycles. The number of rotatable bonds is 6. The van der Waals surface area contributed by atoms with Gasteiger partial charge in [0.2, 0.25) is 0 Å². The highest BCUT2D eigenvalue weighted by atomic mass is 16.5. The van der Waals surface area contributed by atoms with Crippen LogP contribution in [-0.4, -0.2) is 42.1 Å². The molecule has 1 aliphatic rings. The number of aromatic hydroxyl groups is 1. The van der Waals surface area contributed by atoms with Crippen molar-refractivity contribution in [2.24, 2.45) is 10.9 Å². The Kier molecular flexibility index (Phi) is 7.06. The maximum Gasteiger partial charge on any atom is 0.336 e. The molecule has 0 aromatic heterocycles. The van der Waals surface area contributed by atoms with Gasteiger partial charge in [-0.2, -0.15) is 0 Å². The molecule has 2 rings (SSSR count). The Morgan fingerprint density at radius 1 is 1.07 bits per heavy atom. The number of methoxy groups -OCH3 is 1. The monoisotopic (exact) mass is 403 g/mol. The van der Waals surface area contributed by atoms with Crippen molar-refractivity contribution in [3.8, 4) is 11.5 Å². The zero-order chi connectivity index (χ0) is 21.9. The molecule has 1 N–H and O–H groups in total. The molecule has 29 heavy (non-hydrogen) atoms. The number of phenolic OH excluding ortho intramolecular Hbond substituents is 1. The van der Waals surface area contributed by atoms with Crippen LogP contribution in [0.5, 0.6) is 11.5 Å². The lowest BCUT2D eigenvalue weighted by Crippen LogP contribution is -2.37. The van der Waals surface area contributed by atoms with Crippen LogP contribution in [0.25, 0.3) is 0 Å².